The van der Waals surface area contributed by atoms with Gasteiger partial charge in [-0.15, -0.1) is 10.2 Å². The van der Waals surface area contributed by atoms with Crippen LogP contribution in [0.5, 0.6) is 0 Å². The van der Waals surface area contributed by atoms with Gasteiger partial charge in [-0.2, -0.15) is 0 Å². The molecule has 214 valence electrons. The van der Waals surface area contributed by atoms with Crippen LogP contribution in [-0.2, 0) is 0 Å². The van der Waals surface area contributed by atoms with Crippen LogP contribution in [0.15, 0.2) is 137 Å². The Morgan fingerprint density at radius 2 is 1.42 bits per heavy atom. The molecular weight excluding hydrogens is 578 g/mol. The van der Waals surface area contributed by atoms with Crippen molar-refractivity contribution in [1.29, 1.82) is 0 Å². The van der Waals surface area contributed by atoms with E-state index in [4.69, 9.17) is 4.98 Å². The van der Waals surface area contributed by atoms with E-state index in [1.54, 1.807) is 17.8 Å². The fourth-order valence-electron chi connectivity index (χ4n) is 6.52. The zero-order chi connectivity index (χ0) is 30.1. The van der Waals surface area contributed by atoms with Gasteiger partial charge in [-0.25, -0.2) is 9.37 Å². The lowest BCUT2D eigenvalue weighted by molar-refractivity contribution is 0.640. The summed E-state index contributed by atoms with van der Waals surface area (Å²) in [7, 11) is 0. The van der Waals surface area contributed by atoms with E-state index in [0.717, 1.165) is 59.4 Å². The van der Waals surface area contributed by atoms with Gasteiger partial charge in [0.15, 0.2) is 11.5 Å². The highest BCUT2D eigenvalue weighted by molar-refractivity contribution is 7.99. The van der Waals surface area contributed by atoms with E-state index in [1.165, 1.54) is 11.5 Å². The van der Waals surface area contributed by atoms with Crippen molar-refractivity contribution in [3.63, 3.8) is 0 Å². The molecule has 0 atom stereocenters. The Bertz CT molecular complexity index is 2570. The SMILES string of the molecule is Cc1ccccc1-c1nnc2c3cc(Sc4cccc(-n5c6ccccc6c6cccnc65)c4)ccc3c3c(F)cccc3n12. The molecule has 4 heterocycles. The third-order valence-corrected chi connectivity index (χ3v) is 9.51. The number of para-hydroxylation sites is 1. The summed E-state index contributed by atoms with van der Waals surface area (Å²) < 4.78 is 19.8. The van der Waals surface area contributed by atoms with Crippen LogP contribution in [0.25, 0.3) is 66.3 Å². The number of halogens is 1. The highest BCUT2D eigenvalue weighted by atomic mass is 32.2. The van der Waals surface area contributed by atoms with Crippen molar-refractivity contribution >= 4 is 61.0 Å². The second kappa shape index (κ2) is 10.0. The Balaban J connectivity index is 1.21. The summed E-state index contributed by atoms with van der Waals surface area (Å²) in [6, 6.07) is 40.5. The normalized spacial score (nSPS) is 11.9. The van der Waals surface area contributed by atoms with Crippen LogP contribution in [0.1, 0.15) is 5.56 Å². The maximum Gasteiger partial charge on any atom is 0.169 e. The van der Waals surface area contributed by atoms with Crippen LogP contribution in [0, 0.1) is 12.7 Å². The van der Waals surface area contributed by atoms with Gasteiger partial charge in [-0.1, -0.05) is 72.4 Å². The first-order valence-corrected chi connectivity index (χ1v) is 15.5. The average molecular weight is 602 g/mol. The molecule has 0 aliphatic heterocycles. The minimum atomic E-state index is -0.267. The lowest BCUT2D eigenvalue weighted by Crippen LogP contribution is -1.97. The molecule has 0 aliphatic rings. The van der Waals surface area contributed by atoms with E-state index in [2.05, 4.69) is 94.5 Å². The molecule has 0 aliphatic carbocycles. The molecule has 0 saturated carbocycles. The summed E-state index contributed by atoms with van der Waals surface area (Å²) >= 11 is 1.66. The first-order chi connectivity index (χ1) is 22.2. The third kappa shape index (κ3) is 3.97. The maximum absolute atomic E-state index is 15.5. The molecule has 7 heteroatoms. The molecular formula is C38H24FN5S. The molecule has 45 heavy (non-hydrogen) atoms. The molecule has 0 saturated heterocycles. The van der Waals surface area contributed by atoms with Gasteiger partial charge in [0, 0.05) is 48.8 Å². The van der Waals surface area contributed by atoms with Crippen LogP contribution in [0.2, 0.25) is 0 Å². The predicted molar refractivity (Wildman–Crippen MR) is 181 cm³/mol. The number of aryl methyl sites for hydroxylation is 1. The van der Waals surface area contributed by atoms with Crippen molar-refractivity contribution in [1.82, 2.24) is 24.1 Å². The molecule has 0 fully saturated rings. The van der Waals surface area contributed by atoms with Crippen LogP contribution >= 0.6 is 11.8 Å². The Morgan fingerprint density at radius 1 is 0.622 bits per heavy atom. The third-order valence-electron chi connectivity index (χ3n) is 8.53. The Morgan fingerprint density at radius 3 is 2.36 bits per heavy atom. The molecule has 9 rings (SSSR count). The van der Waals surface area contributed by atoms with Crippen molar-refractivity contribution in [3.05, 3.63) is 139 Å². The predicted octanol–water partition coefficient (Wildman–Crippen LogP) is 9.79. The second-order valence-electron chi connectivity index (χ2n) is 11.2. The highest BCUT2D eigenvalue weighted by Gasteiger charge is 2.19. The number of aromatic nitrogens is 5. The smallest absolute Gasteiger partial charge is 0.169 e. The number of nitrogens with zero attached hydrogens (tertiary/aromatic N) is 5. The lowest BCUT2D eigenvalue weighted by atomic mass is 10.0. The largest absolute Gasteiger partial charge is 0.294 e. The minimum absolute atomic E-state index is 0.267. The average Bonchev–Trinajstić information content (AvgIpc) is 3.66. The van der Waals surface area contributed by atoms with Gasteiger partial charge in [0.1, 0.15) is 11.5 Å². The van der Waals surface area contributed by atoms with E-state index in [-0.39, 0.29) is 5.82 Å². The number of rotatable bonds is 4. The van der Waals surface area contributed by atoms with Gasteiger partial charge in [0.25, 0.3) is 0 Å². The van der Waals surface area contributed by atoms with Crippen molar-refractivity contribution in [2.75, 3.05) is 0 Å². The fraction of sp³-hybridized carbons (Fsp3) is 0.0263. The van der Waals surface area contributed by atoms with Crippen molar-refractivity contribution in [2.24, 2.45) is 0 Å². The lowest BCUT2D eigenvalue weighted by Gasteiger charge is -2.13. The number of fused-ring (bicyclic) bond motifs is 9. The Kier molecular flexibility index (Phi) is 5.76. The molecule has 0 spiro atoms. The zero-order valence-corrected chi connectivity index (χ0v) is 25.0. The molecule has 0 amide bonds. The van der Waals surface area contributed by atoms with Crippen LogP contribution in [0.4, 0.5) is 4.39 Å². The summed E-state index contributed by atoms with van der Waals surface area (Å²) in [5, 5.41) is 13.8. The minimum Gasteiger partial charge on any atom is -0.294 e. The van der Waals surface area contributed by atoms with Gasteiger partial charge < -0.3 is 0 Å². The van der Waals surface area contributed by atoms with E-state index < -0.39 is 0 Å². The van der Waals surface area contributed by atoms with Crippen LogP contribution in [0.3, 0.4) is 0 Å². The zero-order valence-electron chi connectivity index (χ0n) is 24.1. The van der Waals surface area contributed by atoms with Gasteiger partial charge in [0.2, 0.25) is 0 Å². The second-order valence-corrected chi connectivity index (χ2v) is 12.3. The molecule has 0 N–H and O–H groups in total. The fourth-order valence-corrected chi connectivity index (χ4v) is 7.43. The number of pyridine rings is 2. The molecule has 4 aromatic heterocycles. The van der Waals surface area contributed by atoms with E-state index in [0.29, 0.717) is 16.9 Å². The molecule has 5 aromatic carbocycles. The van der Waals surface area contributed by atoms with Gasteiger partial charge >= 0.3 is 0 Å². The summed E-state index contributed by atoms with van der Waals surface area (Å²) in [6.45, 7) is 2.05. The first-order valence-electron chi connectivity index (χ1n) is 14.7. The van der Waals surface area contributed by atoms with Gasteiger partial charge in [-0.05, 0) is 78.5 Å². The Hall–Kier alpha value is -5.53. The first kappa shape index (κ1) is 25.9. The molecule has 5 nitrogen and oxygen atoms in total. The number of hydrogen-bond acceptors (Lipinski definition) is 4. The van der Waals surface area contributed by atoms with Crippen molar-refractivity contribution in [3.8, 4) is 17.1 Å². The Labute approximate surface area is 261 Å². The highest BCUT2D eigenvalue weighted by Crippen LogP contribution is 2.38. The van der Waals surface area contributed by atoms with Gasteiger partial charge in [0.05, 0.1) is 11.0 Å². The topological polar surface area (TPSA) is 48.0 Å². The number of benzene rings is 5. The monoisotopic (exact) mass is 601 g/mol. The van der Waals surface area contributed by atoms with Crippen LogP contribution in [-0.4, -0.2) is 24.1 Å². The van der Waals surface area contributed by atoms with E-state index >= 15 is 4.39 Å². The van der Waals surface area contributed by atoms with Crippen LogP contribution < -0.4 is 0 Å². The van der Waals surface area contributed by atoms with Gasteiger partial charge in [-0.3, -0.25) is 8.97 Å². The van der Waals surface area contributed by atoms with Crippen molar-refractivity contribution < 1.29 is 4.39 Å². The van der Waals surface area contributed by atoms with E-state index in [1.807, 2.05) is 47.0 Å². The summed E-state index contributed by atoms with van der Waals surface area (Å²) in [6.07, 6.45) is 1.84. The summed E-state index contributed by atoms with van der Waals surface area (Å²) in [5.74, 6) is 0.433. The standard InChI is InChI=1S/C38H24FN5S/c1-23-9-2-3-12-27(23)37-41-42-38-31-22-26(18-19-29(31)35-32(39)15-7-17-34(35)44(37)38)45-25-11-6-10-24(21-25)43-33-16-5-4-13-28(33)30-14-8-20-40-36(30)43/h2-22H,1H3. The summed E-state index contributed by atoms with van der Waals surface area (Å²) in [4.78, 5) is 6.85. The molecule has 0 bridgehead atoms. The van der Waals surface area contributed by atoms with E-state index in [9.17, 15) is 0 Å². The molecule has 0 radical (unpaired) electrons. The maximum atomic E-state index is 15.5. The number of hydrogen-bond donors (Lipinski definition) is 0. The quantitative estimate of drug-likeness (QED) is 0.188. The molecule has 0 unspecified atom stereocenters. The molecule has 9 aromatic rings. The summed E-state index contributed by atoms with van der Waals surface area (Å²) in [5.41, 5.74) is 6.59. The van der Waals surface area contributed by atoms with Crippen molar-refractivity contribution in [2.45, 2.75) is 16.7 Å².